The molecule has 4 heteroatoms. The zero-order valence-corrected chi connectivity index (χ0v) is 12.8. The highest BCUT2D eigenvalue weighted by Crippen LogP contribution is 2.30. The number of nitrogens with two attached hydrogens (primary N) is 1. The van der Waals surface area contributed by atoms with Crippen LogP contribution in [0, 0.1) is 0 Å². The molecule has 0 amide bonds. The van der Waals surface area contributed by atoms with Crippen LogP contribution >= 0.6 is 12.6 Å². The number of benzene rings is 1. The molecule has 0 saturated heterocycles. The predicted molar refractivity (Wildman–Crippen MR) is 83.8 cm³/mol. The lowest BCUT2D eigenvalue weighted by atomic mass is 9.80. The largest absolute Gasteiger partial charge is 0.428 e. The lowest BCUT2D eigenvalue weighted by Crippen LogP contribution is -2.46. The third kappa shape index (κ3) is 3.45. The maximum Gasteiger partial charge on any atom is 0.331 e. The van der Waals surface area contributed by atoms with Crippen molar-refractivity contribution in [2.75, 3.05) is 5.73 Å². The molecule has 2 N–H and O–H groups in total. The quantitative estimate of drug-likeness (QED) is 0.487. The Morgan fingerprint density at radius 2 is 1.89 bits per heavy atom. The van der Waals surface area contributed by atoms with E-state index in [9.17, 15) is 0 Å². The van der Waals surface area contributed by atoms with E-state index in [0.29, 0.717) is 0 Å². The van der Waals surface area contributed by atoms with Crippen LogP contribution in [0.1, 0.15) is 40.2 Å². The molecule has 2 nitrogen and oxygen atoms in total. The molecule has 0 spiro atoms. The minimum absolute atomic E-state index is 0.226. The SMILES string of the molecule is CCc1c(N)cccc1[B]OC(C)(C)C(C)(C)S. The summed E-state index contributed by atoms with van der Waals surface area (Å²) in [4.78, 5) is 0. The van der Waals surface area contributed by atoms with E-state index in [2.05, 4.69) is 19.6 Å². The smallest absolute Gasteiger partial charge is 0.331 e. The average molecular weight is 264 g/mol. The van der Waals surface area contributed by atoms with Gasteiger partial charge in [-0.05, 0) is 51.2 Å². The number of hydrogen-bond acceptors (Lipinski definition) is 3. The highest BCUT2D eigenvalue weighted by molar-refractivity contribution is 7.81. The Balaban J connectivity index is 2.85. The third-order valence-corrected chi connectivity index (χ3v) is 4.09. The Bertz CT molecular complexity index is 413. The predicted octanol–water partition coefficient (Wildman–Crippen LogP) is 2.58. The van der Waals surface area contributed by atoms with Gasteiger partial charge in [-0.1, -0.05) is 19.1 Å². The standard InChI is InChI=1S/C14H23BNOS/c1-6-10-11(8-7-9-12(10)16)15-17-13(2,3)14(4,5)18/h7-9,18H,6,16H2,1-5H3. The van der Waals surface area contributed by atoms with Gasteiger partial charge in [-0.25, -0.2) is 0 Å². The molecule has 0 aromatic heterocycles. The summed E-state index contributed by atoms with van der Waals surface area (Å²) in [5, 5.41) is 0. The van der Waals surface area contributed by atoms with Gasteiger partial charge < -0.3 is 10.4 Å². The maximum absolute atomic E-state index is 5.97. The molecule has 0 atom stereocenters. The first kappa shape index (κ1) is 15.5. The van der Waals surface area contributed by atoms with E-state index in [4.69, 9.17) is 10.4 Å². The molecule has 1 aromatic rings. The van der Waals surface area contributed by atoms with Crippen LogP contribution in [0.4, 0.5) is 5.69 Å². The van der Waals surface area contributed by atoms with Gasteiger partial charge in [0.2, 0.25) is 0 Å². The summed E-state index contributed by atoms with van der Waals surface area (Å²) in [5.74, 6) is 0. The highest BCUT2D eigenvalue weighted by atomic mass is 32.1. The topological polar surface area (TPSA) is 35.2 Å². The highest BCUT2D eigenvalue weighted by Gasteiger charge is 2.34. The van der Waals surface area contributed by atoms with Crippen LogP contribution in [0.15, 0.2) is 18.2 Å². The Labute approximate surface area is 117 Å². The van der Waals surface area contributed by atoms with Crippen LogP contribution in [0.2, 0.25) is 0 Å². The number of anilines is 1. The van der Waals surface area contributed by atoms with E-state index in [1.54, 1.807) is 7.48 Å². The van der Waals surface area contributed by atoms with Gasteiger partial charge in [0.05, 0.1) is 5.60 Å². The first-order chi connectivity index (χ1) is 8.19. The van der Waals surface area contributed by atoms with Crippen molar-refractivity contribution in [2.45, 2.75) is 51.4 Å². The van der Waals surface area contributed by atoms with Crippen LogP contribution in [0.25, 0.3) is 0 Å². The second kappa shape index (κ2) is 5.58. The van der Waals surface area contributed by atoms with E-state index in [1.807, 2.05) is 45.9 Å². The van der Waals surface area contributed by atoms with Gasteiger partial charge in [-0.3, -0.25) is 0 Å². The van der Waals surface area contributed by atoms with Crippen LogP contribution < -0.4 is 11.2 Å². The van der Waals surface area contributed by atoms with Crippen molar-refractivity contribution in [3.05, 3.63) is 23.8 Å². The van der Waals surface area contributed by atoms with E-state index in [0.717, 1.165) is 23.1 Å². The van der Waals surface area contributed by atoms with Crippen molar-refractivity contribution >= 4 is 31.3 Å². The summed E-state index contributed by atoms with van der Waals surface area (Å²) >= 11 is 4.58. The van der Waals surface area contributed by atoms with Gasteiger partial charge in [-0.15, -0.1) is 0 Å². The second-order valence-electron chi connectivity index (χ2n) is 5.57. The molecule has 1 aromatic carbocycles. The van der Waals surface area contributed by atoms with Crippen LogP contribution in [0.5, 0.6) is 0 Å². The average Bonchev–Trinajstić information content (AvgIpc) is 2.25. The Hall–Kier alpha value is -0.605. The normalized spacial score (nSPS) is 12.6. The van der Waals surface area contributed by atoms with Gasteiger partial charge in [0.15, 0.2) is 0 Å². The fourth-order valence-corrected chi connectivity index (χ4v) is 1.55. The summed E-state index contributed by atoms with van der Waals surface area (Å²) in [5.41, 5.74) is 8.60. The maximum atomic E-state index is 5.97. The van der Waals surface area contributed by atoms with E-state index < -0.39 is 0 Å². The molecule has 0 fully saturated rings. The molecule has 1 rings (SSSR count). The fourth-order valence-electron chi connectivity index (χ4n) is 1.50. The van der Waals surface area contributed by atoms with Gasteiger partial charge in [0.25, 0.3) is 0 Å². The van der Waals surface area contributed by atoms with E-state index in [-0.39, 0.29) is 10.3 Å². The molecule has 99 valence electrons. The molecule has 1 radical (unpaired) electrons. The summed E-state index contributed by atoms with van der Waals surface area (Å²) < 4.78 is 5.69. The first-order valence-electron chi connectivity index (χ1n) is 6.30. The van der Waals surface area contributed by atoms with Crippen molar-refractivity contribution in [1.82, 2.24) is 0 Å². The second-order valence-corrected chi connectivity index (χ2v) is 6.69. The zero-order chi connectivity index (χ0) is 14.0. The minimum atomic E-state index is -0.355. The summed E-state index contributed by atoms with van der Waals surface area (Å²) in [7, 11) is 1.80. The van der Waals surface area contributed by atoms with E-state index in [1.165, 1.54) is 0 Å². The van der Waals surface area contributed by atoms with Crippen molar-refractivity contribution in [3.63, 3.8) is 0 Å². The Morgan fingerprint density at radius 1 is 1.28 bits per heavy atom. The molecular formula is C14H23BNOS. The van der Waals surface area contributed by atoms with Gasteiger partial charge in [0, 0.05) is 10.4 Å². The number of nitrogen functional groups attached to an aromatic ring is 1. The summed E-state index contributed by atoms with van der Waals surface area (Å²) in [6.07, 6.45) is 0.895. The van der Waals surface area contributed by atoms with Gasteiger partial charge >= 0.3 is 7.48 Å². The van der Waals surface area contributed by atoms with Crippen molar-refractivity contribution in [1.29, 1.82) is 0 Å². The molecule has 0 aliphatic heterocycles. The molecule has 0 saturated carbocycles. The number of thiol groups is 1. The van der Waals surface area contributed by atoms with Gasteiger partial charge in [0.1, 0.15) is 0 Å². The van der Waals surface area contributed by atoms with Crippen LogP contribution in [-0.2, 0) is 11.1 Å². The fraction of sp³-hybridized carbons (Fsp3) is 0.571. The summed E-state index contributed by atoms with van der Waals surface area (Å²) in [6, 6.07) is 5.89. The molecule has 0 aliphatic carbocycles. The lowest BCUT2D eigenvalue weighted by Gasteiger charge is -2.38. The molecular weight excluding hydrogens is 241 g/mol. The Kier molecular flexibility index (Phi) is 4.79. The lowest BCUT2D eigenvalue weighted by molar-refractivity contribution is 0.0854. The van der Waals surface area contributed by atoms with Crippen LogP contribution in [0.3, 0.4) is 0 Å². The number of hydrogen-bond donors (Lipinski definition) is 2. The number of rotatable bonds is 5. The molecule has 18 heavy (non-hydrogen) atoms. The third-order valence-electron chi connectivity index (χ3n) is 3.56. The van der Waals surface area contributed by atoms with Crippen molar-refractivity contribution < 1.29 is 4.65 Å². The van der Waals surface area contributed by atoms with Crippen molar-refractivity contribution in [2.24, 2.45) is 0 Å². The molecule has 0 bridgehead atoms. The monoisotopic (exact) mass is 264 g/mol. The van der Waals surface area contributed by atoms with Gasteiger partial charge in [-0.2, -0.15) is 12.6 Å². The van der Waals surface area contributed by atoms with E-state index >= 15 is 0 Å². The molecule has 0 unspecified atom stereocenters. The molecule has 0 aliphatic rings. The zero-order valence-electron chi connectivity index (χ0n) is 11.9. The van der Waals surface area contributed by atoms with Crippen molar-refractivity contribution in [3.8, 4) is 0 Å². The van der Waals surface area contributed by atoms with Crippen LogP contribution in [-0.4, -0.2) is 17.8 Å². The summed E-state index contributed by atoms with van der Waals surface area (Å²) in [6.45, 7) is 10.3. The minimum Gasteiger partial charge on any atom is -0.428 e. The first-order valence-corrected chi connectivity index (χ1v) is 6.74. The Morgan fingerprint density at radius 3 is 2.39 bits per heavy atom. The molecule has 0 heterocycles.